The monoisotopic (exact) mass is 287 g/mol. The first-order chi connectivity index (χ1) is 10.3. The van der Waals surface area contributed by atoms with Crippen LogP contribution in [0, 0.1) is 0 Å². The average molecular weight is 287 g/mol. The highest BCUT2D eigenvalue weighted by atomic mass is 16.5. The van der Waals surface area contributed by atoms with Crippen molar-refractivity contribution in [3.05, 3.63) is 59.9 Å². The Balaban J connectivity index is 1.68. The van der Waals surface area contributed by atoms with Crippen molar-refractivity contribution in [3.63, 3.8) is 0 Å². The molecule has 0 fully saturated rings. The number of rotatable bonds is 7. The quantitative estimate of drug-likeness (QED) is 0.347. The van der Waals surface area contributed by atoms with E-state index in [1.54, 1.807) is 12.1 Å². The van der Waals surface area contributed by atoms with Gasteiger partial charge in [0.15, 0.2) is 0 Å². The van der Waals surface area contributed by atoms with Gasteiger partial charge in [0, 0.05) is 6.20 Å². The first-order valence-electron chi connectivity index (χ1n) is 6.51. The Morgan fingerprint density at radius 2 is 1.95 bits per heavy atom. The second kappa shape index (κ2) is 7.98. The number of benzene rings is 1. The van der Waals surface area contributed by atoms with Crippen molar-refractivity contribution >= 4 is 5.91 Å². The molecular weight excluding hydrogens is 270 g/mol. The van der Waals surface area contributed by atoms with Gasteiger partial charge in [-0.1, -0.05) is 18.2 Å². The molecule has 0 aliphatic carbocycles. The van der Waals surface area contributed by atoms with Gasteiger partial charge in [0.25, 0.3) is 5.91 Å². The van der Waals surface area contributed by atoms with Gasteiger partial charge in [-0.25, -0.2) is 5.84 Å². The first-order valence-corrected chi connectivity index (χ1v) is 6.51. The van der Waals surface area contributed by atoms with E-state index in [4.69, 9.17) is 15.3 Å². The second-order valence-electron chi connectivity index (χ2n) is 4.23. The number of nitrogens with one attached hydrogen (secondary N) is 1. The van der Waals surface area contributed by atoms with Crippen molar-refractivity contribution in [2.45, 2.75) is 6.61 Å². The third-order valence-electron chi connectivity index (χ3n) is 2.71. The van der Waals surface area contributed by atoms with Crippen LogP contribution in [0.5, 0.6) is 5.75 Å². The minimum Gasteiger partial charge on any atom is -0.491 e. The number of aromatic nitrogens is 1. The molecule has 6 nitrogen and oxygen atoms in total. The van der Waals surface area contributed by atoms with E-state index in [9.17, 15) is 4.79 Å². The van der Waals surface area contributed by atoms with Crippen LogP contribution in [0.1, 0.15) is 16.1 Å². The van der Waals surface area contributed by atoms with Crippen LogP contribution < -0.4 is 16.0 Å². The van der Waals surface area contributed by atoms with Crippen LogP contribution in [0.2, 0.25) is 0 Å². The molecule has 1 heterocycles. The lowest BCUT2D eigenvalue weighted by Crippen LogP contribution is -2.30. The van der Waals surface area contributed by atoms with E-state index < -0.39 is 0 Å². The number of hydrogen-bond donors (Lipinski definition) is 2. The van der Waals surface area contributed by atoms with E-state index in [1.165, 1.54) is 6.20 Å². The zero-order valence-corrected chi connectivity index (χ0v) is 11.5. The number of hydrazine groups is 1. The Labute approximate surface area is 122 Å². The van der Waals surface area contributed by atoms with E-state index in [-0.39, 0.29) is 5.91 Å². The standard InChI is InChI=1S/C15H17N3O3/c16-18-15(19)12-6-7-13(17-10-12)11-20-8-9-21-14-4-2-1-3-5-14/h1-7,10H,8-9,11,16H2,(H,18,19). The van der Waals surface area contributed by atoms with Crippen molar-refractivity contribution in [2.24, 2.45) is 5.84 Å². The number of carbonyl (C=O) groups excluding carboxylic acids is 1. The van der Waals surface area contributed by atoms with Gasteiger partial charge < -0.3 is 9.47 Å². The molecule has 21 heavy (non-hydrogen) atoms. The summed E-state index contributed by atoms with van der Waals surface area (Å²) in [6, 6.07) is 12.9. The summed E-state index contributed by atoms with van der Waals surface area (Å²) in [5.41, 5.74) is 3.20. The van der Waals surface area contributed by atoms with Crippen LogP contribution in [-0.4, -0.2) is 24.1 Å². The van der Waals surface area contributed by atoms with Crippen molar-refractivity contribution < 1.29 is 14.3 Å². The summed E-state index contributed by atoms with van der Waals surface area (Å²) in [4.78, 5) is 15.4. The molecule has 0 saturated heterocycles. The van der Waals surface area contributed by atoms with E-state index in [1.807, 2.05) is 35.8 Å². The van der Waals surface area contributed by atoms with E-state index >= 15 is 0 Å². The fourth-order valence-corrected chi connectivity index (χ4v) is 1.64. The van der Waals surface area contributed by atoms with Crippen molar-refractivity contribution in [3.8, 4) is 5.75 Å². The molecule has 2 rings (SSSR count). The van der Waals surface area contributed by atoms with Crippen LogP contribution in [-0.2, 0) is 11.3 Å². The van der Waals surface area contributed by atoms with Crippen LogP contribution in [0.4, 0.5) is 0 Å². The SMILES string of the molecule is NNC(=O)c1ccc(COCCOc2ccccc2)nc1. The molecule has 0 saturated carbocycles. The van der Waals surface area contributed by atoms with Crippen molar-refractivity contribution in [1.82, 2.24) is 10.4 Å². The summed E-state index contributed by atoms with van der Waals surface area (Å²) < 4.78 is 11.0. The van der Waals surface area contributed by atoms with Gasteiger partial charge in [0.1, 0.15) is 12.4 Å². The van der Waals surface area contributed by atoms with Crippen LogP contribution in [0.3, 0.4) is 0 Å². The zero-order valence-electron chi connectivity index (χ0n) is 11.5. The lowest BCUT2D eigenvalue weighted by molar-refractivity contribution is 0.0868. The number of pyridine rings is 1. The molecule has 0 aliphatic rings. The molecule has 0 aliphatic heterocycles. The summed E-state index contributed by atoms with van der Waals surface area (Å²) in [5.74, 6) is 5.48. The Bertz CT molecular complexity index is 558. The predicted molar refractivity (Wildman–Crippen MR) is 77.5 cm³/mol. The smallest absolute Gasteiger partial charge is 0.266 e. The second-order valence-corrected chi connectivity index (χ2v) is 4.23. The summed E-state index contributed by atoms with van der Waals surface area (Å²) in [6.45, 7) is 1.29. The molecule has 1 amide bonds. The van der Waals surface area contributed by atoms with Gasteiger partial charge in [-0.2, -0.15) is 0 Å². The molecule has 0 atom stereocenters. The maximum Gasteiger partial charge on any atom is 0.266 e. The fraction of sp³-hybridized carbons (Fsp3) is 0.200. The molecule has 0 radical (unpaired) electrons. The molecule has 1 aromatic carbocycles. The number of nitrogens with two attached hydrogens (primary N) is 1. The highest BCUT2D eigenvalue weighted by Crippen LogP contribution is 2.08. The molecule has 0 unspecified atom stereocenters. The zero-order chi connectivity index (χ0) is 14.9. The van der Waals surface area contributed by atoms with Gasteiger partial charge in [0.2, 0.25) is 0 Å². The molecule has 1 aromatic heterocycles. The number of nitrogens with zero attached hydrogens (tertiary/aromatic N) is 1. The Morgan fingerprint density at radius 3 is 2.62 bits per heavy atom. The van der Waals surface area contributed by atoms with E-state index in [0.29, 0.717) is 25.4 Å². The summed E-state index contributed by atoms with van der Waals surface area (Å²) in [5, 5.41) is 0. The molecular formula is C15H17N3O3. The fourth-order valence-electron chi connectivity index (χ4n) is 1.64. The van der Waals surface area contributed by atoms with Gasteiger partial charge in [0.05, 0.1) is 24.5 Å². The minimum atomic E-state index is -0.369. The van der Waals surface area contributed by atoms with Crippen LogP contribution >= 0.6 is 0 Å². The molecule has 0 spiro atoms. The van der Waals surface area contributed by atoms with Gasteiger partial charge >= 0.3 is 0 Å². The Hall–Kier alpha value is -2.44. The number of amides is 1. The topological polar surface area (TPSA) is 86.5 Å². The lowest BCUT2D eigenvalue weighted by atomic mass is 10.2. The Kier molecular flexibility index (Phi) is 5.69. The largest absolute Gasteiger partial charge is 0.491 e. The van der Waals surface area contributed by atoms with Crippen molar-refractivity contribution in [1.29, 1.82) is 0 Å². The molecule has 6 heteroatoms. The predicted octanol–water partition coefficient (Wildman–Crippen LogP) is 1.28. The summed E-state index contributed by atoms with van der Waals surface area (Å²) >= 11 is 0. The number of nitrogen functional groups attached to an aromatic ring is 1. The molecule has 2 aromatic rings. The van der Waals surface area contributed by atoms with Gasteiger partial charge in [-0.3, -0.25) is 15.2 Å². The maximum atomic E-state index is 11.2. The average Bonchev–Trinajstić information content (AvgIpc) is 2.55. The lowest BCUT2D eigenvalue weighted by Gasteiger charge is -2.07. The number of carbonyl (C=O) groups is 1. The van der Waals surface area contributed by atoms with Crippen molar-refractivity contribution in [2.75, 3.05) is 13.2 Å². The number of para-hydroxylation sites is 1. The minimum absolute atomic E-state index is 0.364. The summed E-state index contributed by atoms with van der Waals surface area (Å²) in [7, 11) is 0. The van der Waals surface area contributed by atoms with E-state index in [2.05, 4.69) is 4.98 Å². The van der Waals surface area contributed by atoms with Crippen LogP contribution in [0.25, 0.3) is 0 Å². The van der Waals surface area contributed by atoms with Gasteiger partial charge in [-0.15, -0.1) is 0 Å². The Morgan fingerprint density at radius 1 is 1.14 bits per heavy atom. The highest BCUT2D eigenvalue weighted by molar-refractivity contribution is 5.93. The highest BCUT2D eigenvalue weighted by Gasteiger charge is 2.03. The third kappa shape index (κ3) is 4.87. The first kappa shape index (κ1) is 15.0. The summed E-state index contributed by atoms with van der Waals surface area (Å²) in [6.07, 6.45) is 1.46. The molecule has 0 bridgehead atoms. The van der Waals surface area contributed by atoms with Gasteiger partial charge in [-0.05, 0) is 24.3 Å². The normalized spacial score (nSPS) is 10.1. The third-order valence-corrected chi connectivity index (χ3v) is 2.71. The van der Waals surface area contributed by atoms with E-state index in [0.717, 1.165) is 11.4 Å². The molecule has 110 valence electrons. The van der Waals surface area contributed by atoms with Crippen LogP contribution in [0.15, 0.2) is 48.7 Å². The number of hydrogen-bond acceptors (Lipinski definition) is 5. The molecule has 3 N–H and O–H groups in total. The number of ether oxygens (including phenoxy) is 2. The maximum absolute atomic E-state index is 11.2.